The molecule has 0 spiro atoms. The molecule has 0 aliphatic rings. The van der Waals surface area contributed by atoms with Gasteiger partial charge >= 0.3 is 0 Å². The molecule has 2 nitrogen and oxygen atoms in total. The van der Waals surface area contributed by atoms with Gasteiger partial charge in [-0.15, -0.1) is 0 Å². The van der Waals surface area contributed by atoms with Gasteiger partial charge < -0.3 is 11.1 Å². The Morgan fingerprint density at radius 2 is 1.70 bits per heavy atom. The van der Waals surface area contributed by atoms with Gasteiger partial charge in [-0.25, -0.2) is 4.39 Å². The minimum absolute atomic E-state index is 0.232. The van der Waals surface area contributed by atoms with Crippen LogP contribution in [0.3, 0.4) is 0 Å². The molecule has 0 saturated carbocycles. The first-order valence-corrected chi connectivity index (χ1v) is 7.02. The van der Waals surface area contributed by atoms with E-state index in [4.69, 9.17) is 40.5 Å². The zero-order chi connectivity index (χ0) is 14.7. The van der Waals surface area contributed by atoms with Crippen molar-refractivity contribution in [1.29, 1.82) is 0 Å². The number of hydrogen-bond acceptors (Lipinski definition) is 2. The molecule has 2 aromatic carbocycles. The average Bonchev–Trinajstić information content (AvgIpc) is 2.41. The number of halogens is 4. The second-order valence-electron chi connectivity index (χ2n) is 4.19. The molecular formula is C14H12Cl3FN2. The maximum absolute atomic E-state index is 13.3. The lowest BCUT2D eigenvalue weighted by Gasteiger charge is -2.21. The van der Waals surface area contributed by atoms with E-state index in [1.165, 1.54) is 18.2 Å². The quantitative estimate of drug-likeness (QED) is 0.835. The molecule has 0 radical (unpaired) electrons. The molecule has 0 saturated heterocycles. The first-order chi connectivity index (χ1) is 9.52. The van der Waals surface area contributed by atoms with Gasteiger partial charge in [-0.1, -0.05) is 40.9 Å². The SMILES string of the molecule is NCC(Nc1cc(F)ccc1Cl)c1c(Cl)cccc1Cl. The van der Waals surface area contributed by atoms with Gasteiger partial charge in [0, 0.05) is 22.2 Å². The molecule has 1 unspecified atom stereocenters. The Morgan fingerprint density at radius 1 is 1.05 bits per heavy atom. The van der Waals surface area contributed by atoms with Crippen molar-refractivity contribution in [2.45, 2.75) is 6.04 Å². The van der Waals surface area contributed by atoms with Crippen LogP contribution in [0.25, 0.3) is 0 Å². The normalized spacial score (nSPS) is 12.2. The van der Waals surface area contributed by atoms with E-state index in [0.717, 1.165) is 0 Å². The van der Waals surface area contributed by atoms with Crippen LogP contribution < -0.4 is 11.1 Å². The number of nitrogens with one attached hydrogen (secondary N) is 1. The van der Waals surface area contributed by atoms with E-state index >= 15 is 0 Å². The van der Waals surface area contributed by atoms with Crippen LogP contribution in [0.5, 0.6) is 0 Å². The largest absolute Gasteiger partial charge is 0.376 e. The lowest BCUT2D eigenvalue weighted by molar-refractivity contribution is 0.627. The highest BCUT2D eigenvalue weighted by Gasteiger charge is 2.17. The fourth-order valence-corrected chi connectivity index (χ4v) is 2.72. The van der Waals surface area contributed by atoms with Crippen molar-refractivity contribution in [2.75, 3.05) is 11.9 Å². The number of anilines is 1. The number of benzene rings is 2. The molecule has 2 aromatic rings. The van der Waals surface area contributed by atoms with Gasteiger partial charge in [0.25, 0.3) is 0 Å². The minimum Gasteiger partial charge on any atom is -0.376 e. The summed E-state index contributed by atoms with van der Waals surface area (Å²) in [6.45, 7) is 0.232. The third-order valence-corrected chi connectivity index (χ3v) is 3.83. The van der Waals surface area contributed by atoms with Gasteiger partial charge in [0.05, 0.1) is 16.8 Å². The summed E-state index contributed by atoms with van der Waals surface area (Å²) < 4.78 is 13.3. The van der Waals surface area contributed by atoms with E-state index in [-0.39, 0.29) is 12.6 Å². The second kappa shape index (κ2) is 6.64. The highest BCUT2D eigenvalue weighted by atomic mass is 35.5. The maximum atomic E-state index is 13.3. The Morgan fingerprint density at radius 3 is 2.30 bits per heavy atom. The molecule has 2 rings (SSSR count). The first kappa shape index (κ1) is 15.4. The topological polar surface area (TPSA) is 38.0 Å². The van der Waals surface area contributed by atoms with Crippen molar-refractivity contribution in [2.24, 2.45) is 5.73 Å². The Kier molecular flexibility index (Phi) is 5.11. The van der Waals surface area contributed by atoms with Crippen molar-refractivity contribution in [1.82, 2.24) is 0 Å². The molecule has 1 atom stereocenters. The first-order valence-electron chi connectivity index (χ1n) is 5.88. The van der Waals surface area contributed by atoms with Gasteiger partial charge in [-0.2, -0.15) is 0 Å². The average molecular weight is 334 g/mol. The Bertz CT molecular complexity index is 599. The zero-order valence-corrected chi connectivity index (χ0v) is 12.6. The molecule has 3 N–H and O–H groups in total. The van der Waals surface area contributed by atoms with E-state index in [1.807, 2.05) is 0 Å². The molecule has 0 amide bonds. The summed E-state index contributed by atoms with van der Waals surface area (Å²) in [7, 11) is 0. The fourth-order valence-electron chi connectivity index (χ4n) is 1.89. The monoisotopic (exact) mass is 332 g/mol. The highest BCUT2D eigenvalue weighted by molar-refractivity contribution is 6.36. The molecule has 106 valence electrons. The molecular weight excluding hydrogens is 322 g/mol. The predicted molar refractivity (Wildman–Crippen MR) is 83.3 cm³/mol. The summed E-state index contributed by atoms with van der Waals surface area (Å²) in [6, 6.07) is 8.89. The summed E-state index contributed by atoms with van der Waals surface area (Å²) in [4.78, 5) is 0. The van der Waals surface area contributed by atoms with Gasteiger partial charge in [0.15, 0.2) is 0 Å². The van der Waals surface area contributed by atoms with E-state index in [2.05, 4.69) is 5.32 Å². The van der Waals surface area contributed by atoms with E-state index in [1.54, 1.807) is 18.2 Å². The Labute approximate surface area is 131 Å². The van der Waals surface area contributed by atoms with Gasteiger partial charge in [-0.3, -0.25) is 0 Å². The maximum Gasteiger partial charge on any atom is 0.125 e. The minimum atomic E-state index is -0.391. The third-order valence-electron chi connectivity index (χ3n) is 2.84. The van der Waals surface area contributed by atoms with Crippen molar-refractivity contribution in [3.63, 3.8) is 0 Å². The van der Waals surface area contributed by atoms with Crippen LogP contribution in [0.15, 0.2) is 36.4 Å². The smallest absolute Gasteiger partial charge is 0.125 e. The van der Waals surface area contributed by atoms with Crippen LogP contribution in [0.4, 0.5) is 10.1 Å². The number of rotatable bonds is 4. The molecule has 0 bridgehead atoms. The summed E-state index contributed by atoms with van der Waals surface area (Å²) in [5, 5.41) is 4.45. The fraction of sp³-hybridized carbons (Fsp3) is 0.143. The Hall–Kier alpha value is -1.000. The predicted octanol–water partition coefficient (Wildman–Crippen LogP) is 4.90. The van der Waals surface area contributed by atoms with Crippen LogP contribution in [0.2, 0.25) is 15.1 Å². The third kappa shape index (κ3) is 3.36. The van der Waals surface area contributed by atoms with Gasteiger partial charge in [0.2, 0.25) is 0 Å². The van der Waals surface area contributed by atoms with E-state index < -0.39 is 5.82 Å². The standard InChI is InChI=1S/C14H12Cl3FN2/c15-9-5-4-8(18)6-12(9)20-13(7-19)14-10(16)2-1-3-11(14)17/h1-6,13,20H,7,19H2. The summed E-state index contributed by atoms with van der Waals surface area (Å²) in [5.74, 6) is -0.391. The molecule has 20 heavy (non-hydrogen) atoms. The van der Waals surface area contributed by atoms with Crippen molar-refractivity contribution < 1.29 is 4.39 Å². The van der Waals surface area contributed by atoms with Crippen molar-refractivity contribution in [3.05, 3.63) is 62.8 Å². The molecule has 6 heteroatoms. The molecule has 0 fully saturated rings. The van der Waals surface area contributed by atoms with Crippen LogP contribution >= 0.6 is 34.8 Å². The van der Waals surface area contributed by atoms with Crippen LogP contribution in [-0.2, 0) is 0 Å². The van der Waals surface area contributed by atoms with Crippen molar-refractivity contribution >= 4 is 40.5 Å². The van der Waals surface area contributed by atoms with Crippen molar-refractivity contribution in [3.8, 4) is 0 Å². The van der Waals surface area contributed by atoms with Crippen LogP contribution in [-0.4, -0.2) is 6.54 Å². The van der Waals surface area contributed by atoms with E-state index in [0.29, 0.717) is 26.3 Å². The molecule has 0 aliphatic carbocycles. The van der Waals surface area contributed by atoms with E-state index in [9.17, 15) is 4.39 Å². The lowest BCUT2D eigenvalue weighted by atomic mass is 10.1. The molecule has 0 aromatic heterocycles. The summed E-state index contributed by atoms with van der Waals surface area (Å²) in [6.07, 6.45) is 0. The lowest BCUT2D eigenvalue weighted by Crippen LogP contribution is -2.21. The summed E-state index contributed by atoms with van der Waals surface area (Å²) >= 11 is 18.3. The van der Waals surface area contributed by atoms with Crippen LogP contribution in [0.1, 0.15) is 11.6 Å². The van der Waals surface area contributed by atoms with Gasteiger partial charge in [0.1, 0.15) is 5.82 Å². The summed E-state index contributed by atoms with van der Waals surface area (Å²) in [5.41, 5.74) is 6.87. The van der Waals surface area contributed by atoms with Crippen LogP contribution in [0, 0.1) is 5.82 Å². The van der Waals surface area contributed by atoms with Gasteiger partial charge in [-0.05, 0) is 30.3 Å². The molecule has 0 heterocycles. The number of nitrogens with two attached hydrogens (primary N) is 1. The zero-order valence-electron chi connectivity index (χ0n) is 10.3. The second-order valence-corrected chi connectivity index (χ2v) is 5.41. The number of hydrogen-bond donors (Lipinski definition) is 2. The Balaban J connectivity index is 2.36. The highest BCUT2D eigenvalue weighted by Crippen LogP contribution is 2.33. The molecule has 0 aliphatic heterocycles.